The molecule has 0 aromatic heterocycles. The SMILES string of the molecule is COc1cccc(/C=C/C(=O)O[C@H](C(=O)Nc2cccc(OC)c2)c2ccccc2)c1. The molecule has 3 aromatic carbocycles. The second-order valence-electron chi connectivity index (χ2n) is 6.56. The molecule has 3 aromatic rings. The van der Waals surface area contributed by atoms with Crippen molar-refractivity contribution in [2.45, 2.75) is 6.10 Å². The van der Waals surface area contributed by atoms with Crippen LogP contribution in [0, 0.1) is 0 Å². The minimum atomic E-state index is -1.12. The third-order valence-corrected chi connectivity index (χ3v) is 4.42. The Bertz CT molecular complexity index is 1060. The average molecular weight is 417 g/mol. The molecule has 0 spiro atoms. The summed E-state index contributed by atoms with van der Waals surface area (Å²) in [7, 11) is 3.12. The predicted octanol–water partition coefficient (Wildman–Crippen LogP) is 4.64. The quantitative estimate of drug-likeness (QED) is 0.427. The van der Waals surface area contributed by atoms with Crippen LogP contribution in [0.15, 0.2) is 84.9 Å². The van der Waals surface area contributed by atoms with E-state index in [1.54, 1.807) is 74.9 Å². The van der Waals surface area contributed by atoms with E-state index in [2.05, 4.69) is 5.32 Å². The Hall–Kier alpha value is -4.06. The van der Waals surface area contributed by atoms with E-state index in [1.807, 2.05) is 24.3 Å². The molecule has 1 amide bonds. The molecule has 31 heavy (non-hydrogen) atoms. The number of carbonyl (C=O) groups is 2. The average Bonchev–Trinajstić information content (AvgIpc) is 2.82. The lowest BCUT2D eigenvalue weighted by Crippen LogP contribution is -2.25. The highest BCUT2D eigenvalue weighted by Crippen LogP contribution is 2.23. The van der Waals surface area contributed by atoms with Crippen LogP contribution in [0.25, 0.3) is 6.08 Å². The van der Waals surface area contributed by atoms with E-state index in [0.717, 1.165) is 5.56 Å². The summed E-state index contributed by atoms with van der Waals surface area (Å²) >= 11 is 0. The molecule has 158 valence electrons. The Morgan fingerprint density at radius 1 is 0.839 bits per heavy atom. The summed E-state index contributed by atoms with van der Waals surface area (Å²) in [5.74, 6) is 0.169. The monoisotopic (exact) mass is 417 g/mol. The Balaban J connectivity index is 1.76. The highest BCUT2D eigenvalue weighted by Gasteiger charge is 2.24. The van der Waals surface area contributed by atoms with Gasteiger partial charge in [0.1, 0.15) is 11.5 Å². The van der Waals surface area contributed by atoms with Gasteiger partial charge >= 0.3 is 5.97 Å². The van der Waals surface area contributed by atoms with Crippen LogP contribution in [0.4, 0.5) is 5.69 Å². The van der Waals surface area contributed by atoms with Crippen LogP contribution in [0.5, 0.6) is 11.5 Å². The van der Waals surface area contributed by atoms with Crippen LogP contribution in [-0.4, -0.2) is 26.1 Å². The van der Waals surface area contributed by atoms with Gasteiger partial charge in [-0.25, -0.2) is 4.79 Å². The van der Waals surface area contributed by atoms with Crippen LogP contribution in [0.3, 0.4) is 0 Å². The van der Waals surface area contributed by atoms with Crippen molar-refractivity contribution in [2.24, 2.45) is 0 Å². The van der Waals surface area contributed by atoms with Gasteiger partial charge in [0.2, 0.25) is 6.10 Å². The van der Waals surface area contributed by atoms with Crippen LogP contribution in [0.1, 0.15) is 17.2 Å². The molecule has 0 bridgehead atoms. The first kappa shape index (κ1) is 21.6. The minimum Gasteiger partial charge on any atom is -0.497 e. The van der Waals surface area contributed by atoms with Gasteiger partial charge in [-0.2, -0.15) is 0 Å². The molecule has 0 aliphatic rings. The number of nitrogens with one attached hydrogen (secondary N) is 1. The van der Waals surface area contributed by atoms with Gasteiger partial charge in [-0.05, 0) is 35.9 Å². The lowest BCUT2D eigenvalue weighted by atomic mass is 10.1. The van der Waals surface area contributed by atoms with Crippen molar-refractivity contribution in [2.75, 3.05) is 19.5 Å². The number of carbonyl (C=O) groups excluding carboxylic acids is 2. The smallest absolute Gasteiger partial charge is 0.331 e. The number of rotatable bonds is 8. The molecule has 0 unspecified atom stereocenters. The van der Waals surface area contributed by atoms with E-state index >= 15 is 0 Å². The van der Waals surface area contributed by atoms with Crippen LogP contribution < -0.4 is 14.8 Å². The van der Waals surface area contributed by atoms with Crippen molar-refractivity contribution >= 4 is 23.6 Å². The normalized spacial score (nSPS) is 11.5. The lowest BCUT2D eigenvalue weighted by Gasteiger charge is -2.17. The number of anilines is 1. The molecule has 3 rings (SSSR count). The molecule has 1 N–H and O–H groups in total. The van der Waals surface area contributed by atoms with E-state index in [9.17, 15) is 9.59 Å². The number of amides is 1. The second kappa shape index (κ2) is 10.6. The topological polar surface area (TPSA) is 73.9 Å². The maximum atomic E-state index is 12.9. The van der Waals surface area contributed by atoms with Crippen molar-refractivity contribution in [3.8, 4) is 11.5 Å². The van der Waals surface area contributed by atoms with E-state index < -0.39 is 18.0 Å². The molecule has 0 fully saturated rings. The fourth-order valence-electron chi connectivity index (χ4n) is 2.87. The fourth-order valence-corrected chi connectivity index (χ4v) is 2.87. The summed E-state index contributed by atoms with van der Waals surface area (Å²) in [5.41, 5.74) is 1.87. The number of benzene rings is 3. The third kappa shape index (κ3) is 6.21. The van der Waals surface area contributed by atoms with Crippen LogP contribution in [0.2, 0.25) is 0 Å². The molecule has 6 heteroatoms. The lowest BCUT2D eigenvalue weighted by molar-refractivity contribution is -0.149. The first-order chi connectivity index (χ1) is 15.1. The number of methoxy groups -OCH3 is 2. The maximum absolute atomic E-state index is 12.9. The van der Waals surface area contributed by atoms with E-state index in [-0.39, 0.29) is 0 Å². The largest absolute Gasteiger partial charge is 0.497 e. The molecule has 0 saturated carbocycles. The first-order valence-electron chi connectivity index (χ1n) is 9.61. The predicted molar refractivity (Wildman–Crippen MR) is 119 cm³/mol. The van der Waals surface area contributed by atoms with Crippen molar-refractivity contribution in [1.82, 2.24) is 0 Å². The van der Waals surface area contributed by atoms with Crippen molar-refractivity contribution in [1.29, 1.82) is 0 Å². The number of hydrogen-bond acceptors (Lipinski definition) is 5. The summed E-state index contributed by atoms with van der Waals surface area (Å²) in [6, 6.07) is 23.0. The molecule has 0 aliphatic carbocycles. The van der Waals surface area contributed by atoms with Gasteiger partial charge in [0.15, 0.2) is 0 Å². The zero-order valence-corrected chi connectivity index (χ0v) is 17.3. The molecule has 0 saturated heterocycles. The Labute approximate surface area is 181 Å². The van der Waals surface area contributed by atoms with Gasteiger partial charge in [-0.1, -0.05) is 48.5 Å². The van der Waals surface area contributed by atoms with Crippen molar-refractivity contribution in [3.05, 3.63) is 96.1 Å². The highest BCUT2D eigenvalue weighted by atomic mass is 16.5. The van der Waals surface area contributed by atoms with Gasteiger partial charge in [0.25, 0.3) is 5.91 Å². The number of esters is 1. The van der Waals surface area contributed by atoms with Gasteiger partial charge in [0, 0.05) is 23.4 Å². The summed E-state index contributed by atoms with van der Waals surface area (Å²) in [5, 5.41) is 2.77. The Morgan fingerprint density at radius 3 is 2.23 bits per heavy atom. The molecule has 1 atom stereocenters. The summed E-state index contributed by atoms with van der Waals surface area (Å²) in [6.07, 6.45) is 1.77. The van der Waals surface area contributed by atoms with E-state index in [4.69, 9.17) is 14.2 Å². The van der Waals surface area contributed by atoms with Gasteiger partial charge in [-0.3, -0.25) is 4.79 Å². The zero-order chi connectivity index (χ0) is 22.1. The summed E-state index contributed by atoms with van der Waals surface area (Å²) < 4.78 is 15.9. The zero-order valence-electron chi connectivity index (χ0n) is 17.3. The molecule has 6 nitrogen and oxygen atoms in total. The Kier molecular flexibility index (Phi) is 7.43. The minimum absolute atomic E-state index is 0.470. The Morgan fingerprint density at radius 2 is 1.52 bits per heavy atom. The van der Waals surface area contributed by atoms with E-state index in [0.29, 0.717) is 22.7 Å². The number of ether oxygens (including phenoxy) is 3. The molecule has 0 heterocycles. The first-order valence-corrected chi connectivity index (χ1v) is 9.61. The van der Waals surface area contributed by atoms with Crippen molar-refractivity contribution < 1.29 is 23.8 Å². The summed E-state index contributed by atoms with van der Waals surface area (Å²) in [6.45, 7) is 0. The van der Waals surface area contributed by atoms with Gasteiger partial charge < -0.3 is 19.5 Å². The molecular weight excluding hydrogens is 394 g/mol. The van der Waals surface area contributed by atoms with Gasteiger partial charge in [0.05, 0.1) is 14.2 Å². The molecular formula is C25H23NO5. The second-order valence-corrected chi connectivity index (χ2v) is 6.56. The maximum Gasteiger partial charge on any atom is 0.331 e. The molecule has 0 aliphatic heterocycles. The van der Waals surface area contributed by atoms with Gasteiger partial charge in [-0.15, -0.1) is 0 Å². The standard InChI is InChI=1S/C25H23NO5/c1-29-21-12-6-8-18(16-21)14-15-23(27)31-24(19-9-4-3-5-10-19)25(28)26-20-11-7-13-22(17-20)30-2/h3-17,24H,1-2H3,(H,26,28)/b15-14+/t24-/m0/s1. The highest BCUT2D eigenvalue weighted by molar-refractivity contribution is 5.97. The van der Waals surface area contributed by atoms with Crippen LogP contribution >= 0.6 is 0 Å². The van der Waals surface area contributed by atoms with Crippen LogP contribution in [-0.2, 0) is 14.3 Å². The summed E-state index contributed by atoms with van der Waals surface area (Å²) in [4.78, 5) is 25.4. The van der Waals surface area contributed by atoms with E-state index in [1.165, 1.54) is 6.08 Å². The fraction of sp³-hybridized carbons (Fsp3) is 0.120. The van der Waals surface area contributed by atoms with Crippen molar-refractivity contribution in [3.63, 3.8) is 0 Å². The third-order valence-electron chi connectivity index (χ3n) is 4.42. The molecule has 0 radical (unpaired) electrons. The number of hydrogen-bond donors (Lipinski definition) is 1.